The standard InChI is InChI=1S/C20H23N3O3/c1-2-21-18(24)15-9-6-12-23(13-15)20(26)16-10-11-17(22-19(16)25)14-7-4-3-5-8-14/h3-5,7-8,10-11,15H,2,6,9,12-13H2,1H3,(H,21,24)(H,22,25). The predicted molar refractivity (Wildman–Crippen MR) is 99.8 cm³/mol. The highest BCUT2D eigenvalue weighted by Gasteiger charge is 2.29. The van der Waals surface area contributed by atoms with Crippen LogP contribution in [-0.2, 0) is 4.79 Å². The second kappa shape index (κ2) is 7.99. The fourth-order valence-electron chi connectivity index (χ4n) is 3.29. The number of nitrogens with one attached hydrogen (secondary N) is 2. The molecular weight excluding hydrogens is 330 g/mol. The molecule has 1 aliphatic heterocycles. The number of H-pyrrole nitrogens is 1. The Kier molecular flexibility index (Phi) is 5.51. The van der Waals surface area contributed by atoms with Gasteiger partial charge >= 0.3 is 0 Å². The van der Waals surface area contributed by atoms with Gasteiger partial charge in [-0.25, -0.2) is 0 Å². The van der Waals surface area contributed by atoms with E-state index in [4.69, 9.17) is 0 Å². The first-order valence-electron chi connectivity index (χ1n) is 8.96. The van der Waals surface area contributed by atoms with E-state index in [-0.39, 0.29) is 23.3 Å². The Hall–Kier alpha value is -2.89. The molecule has 26 heavy (non-hydrogen) atoms. The van der Waals surface area contributed by atoms with Gasteiger partial charge in [-0.3, -0.25) is 14.4 Å². The molecule has 2 N–H and O–H groups in total. The zero-order valence-corrected chi connectivity index (χ0v) is 14.8. The van der Waals surface area contributed by atoms with Crippen molar-refractivity contribution in [3.63, 3.8) is 0 Å². The molecule has 1 aromatic heterocycles. The molecule has 3 rings (SSSR count). The number of likely N-dealkylation sites (tertiary alicyclic amines) is 1. The van der Waals surface area contributed by atoms with Crippen molar-refractivity contribution in [1.82, 2.24) is 15.2 Å². The molecule has 1 fully saturated rings. The minimum absolute atomic E-state index is 0.0293. The SMILES string of the molecule is CCNC(=O)C1CCCN(C(=O)c2ccc(-c3ccccc3)[nH]c2=O)C1. The summed E-state index contributed by atoms with van der Waals surface area (Å²) in [4.78, 5) is 41.6. The number of rotatable bonds is 4. The largest absolute Gasteiger partial charge is 0.356 e. The van der Waals surface area contributed by atoms with Crippen LogP contribution in [0.4, 0.5) is 0 Å². The van der Waals surface area contributed by atoms with Crippen LogP contribution in [0.25, 0.3) is 11.3 Å². The maximum absolute atomic E-state index is 12.8. The van der Waals surface area contributed by atoms with Crippen molar-refractivity contribution in [3.05, 3.63) is 58.4 Å². The van der Waals surface area contributed by atoms with E-state index in [0.29, 0.717) is 25.3 Å². The smallest absolute Gasteiger partial charge is 0.261 e. The molecule has 0 spiro atoms. The second-order valence-corrected chi connectivity index (χ2v) is 6.47. The molecular formula is C20H23N3O3. The van der Waals surface area contributed by atoms with E-state index in [9.17, 15) is 14.4 Å². The van der Waals surface area contributed by atoms with Crippen LogP contribution in [0.2, 0.25) is 0 Å². The number of benzene rings is 1. The molecule has 2 heterocycles. The van der Waals surface area contributed by atoms with Crippen LogP contribution < -0.4 is 10.9 Å². The summed E-state index contributed by atoms with van der Waals surface area (Å²) in [5, 5.41) is 2.81. The molecule has 6 nitrogen and oxygen atoms in total. The lowest BCUT2D eigenvalue weighted by Crippen LogP contribution is -2.46. The van der Waals surface area contributed by atoms with Crippen molar-refractivity contribution in [1.29, 1.82) is 0 Å². The third-order valence-electron chi connectivity index (χ3n) is 4.66. The monoisotopic (exact) mass is 353 g/mol. The summed E-state index contributed by atoms with van der Waals surface area (Å²) in [5.74, 6) is -0.562. The van der Waals surface area contributed by atoms with Crippen molar-refractivity contribution in [3.8, 4) is 11.3 Å². The average molecular weight is 353 g/mol. The predicted octanol–water partition coefficient (Wildman–Crippen LogP) is 2.03. The molecule has 1 unspecified atom stereocenters. The number of aromatic nitrogens is 1. The highest BCUT2D eigenvalue weighted by Crippen LogP contribution is 2.19. The van der Waals surface area contributed by atoms with Crippen molar-refractivity contribution in [2.75, 3.05) is 19.6 Å². The van der Waals surface area contributed by atoms with Gasteiger partial charge in [-0.15, -0.1) is 0 Å². The number of carbonyl (C=O) groups is 2. The Morgan fingerprint density at radius 3 is 2.65 bits per heavy atom. The summed E-state index contributed by atoms with van der Waals surface area (Å²) in [6.07, 6.45) is 1.52. The fourth-order valence-corrected chi connectivity index (χ4v) is 3.29. The Morgan fingerprint density at radius 2 is 1.96 bits per heavy atom. The number of piperidine rings is 1. The average Bonchev–Trinajstić information content (AvgIpc) is 2.68. The lowest BCUT2D eigenvalue weighted by atomic mass is 9.96. The molecule has 136 valence electrons. The van der Waals surface area contributed by atoms with E-state index in [1.165, 1.54) is 0 Å². The Morgan fingerprint density at radius 1 is 1.19 bits per heavy atom. The van der Waals surface area contributed by atoms with Crippen LogP contribution in [0.5, 0.6) is 0 Å². The normalized spacial score (nSPS) is 17.0. The summed E-state index contributed by atoms with van der Waals surface area (Å²) in [6, 6.07) is 12.8. The van der Waals surface area contributed by atoms with Gasteiger partial charge in [0, 0.05) is 25.3 Å². The minimum Gasteiger partial charge on any atom is -0.356 e. The molecule has 2 amide bonds. The molecule has 2 aromatic rings. The quantitative estimate of drug-likeness (QED) is 0.882. The van der Waals surface area contributed by atoms with Crippen LogP contribution >= 0.6 is 0 Å². The van der Waals surface area contributed by atoms with Crippen molar-refractivity contribution < 1.29 is 9.59 Å². The summed E-state index contributed by atoms with van der Waals surface area (Å²) in [6.45, 7) is 3.36. The molecule has 0 radical (unpaired) electrons. The first-order chi connectivity index (χ1) is 12.6. The number of hydrogen-bond donors (Lipinski definition) is 2. The molecule has 6 heteroatoms. The molecule has 1 aliphatic rings. The highest BCUT2D eigenvalue weighted by molar-refractivity contribution is 5.94. The van der Waals surface area contributed by atoms with Gasteiger partial charge in [0.05, 0.1) is 5.92 Å². The van der Waals surface area contributed by atoms with E-state index in [2.05, 4.69) is 10.3 Å². The summed E-state index contributed by atoms with van der Waals surface area (Å²) >= 11 is 0. The number of hydrogen-bond acceptors (Lipinski definition) is 3. The number of carbonyl (C=O) groups excluding carboxylic acids is 2. The number of amides is 2. The van der Waals surface area contributed by atoms with Crippen LogP contribution in [0.1, 0.15) is 30.1 Å². The van der Waals surface area contributed by atoms with E-state index < -0.39 is 5.56 Å². The van der Waals surface area contributed by atoms with E-state index >= 15 is 0 Å². The van der Waals surface area contributed by atoms with Gasteiger partial charge < -0.3 is 15.2 Å². The Bertz CT molecular complexity index is 845. The van der Waals surface area contributed by atoms with Gasteiger partial charge in [-0.2, -0.15) is 0 Å². The van der Waals surface area contributed by atoms with Gasteiger partial charge in [0.1, 0.15) is 5.56 Å². The fraction of sp³-hybridized carbons (Fsp3) is 0.350. The van der Waals surface area contributed by atoms with Crippen molar-refractivity contribution >= 4 is 11.8 Å². The molecule has 1 atom stereocenters. The molecule has 1 saturated heterocycles. The third-order valence-corrected chi connectivity index (χ3v) is 4.66. The van der Waals surface area contributed by atoms with E-state index in [1.807, 2.05) is 37.3 Å². The van der Waals surface area contributed by atoms with Gasteiger partial charge in [0.2, 0.25) is 5.91 Å². The number of aromatic amines is 1. The minimum atomic E-state index is -0.406. The maximum Gasteiger partial charge on any atom is 0.261 e. The van der Waals surface area contributed by atoms with Crippen molar-refractivity contribution in [2.45, 2.75) is 19.8 Å². The number of nitrogens with zero attached hydrogens (tertiary/aromatic N) is 1. The molecule has 0 aliphatic carbocycles. The highest BCUT2D eigenvalue weighted by atomic mass is 16.2. The van der Waals surface area contributed by atoms with Crippen LogP contribution in [0, 0.1) is 5.92 Å². The zero-order valence-electron chi connectivity index (χ0n) is 14.8. The first-order valence-corrected chi connectivity index (χ1v) is 8.96. The van der Waals surface area contributed by atoms with Gasteiger partial charge in [0.15, 0.2) is 0 Å². The third kappa shape index (κ3) is 3.85. The van der Waals surface area contributed by atoms with E-state index in [0.717, 1.165) is 18.4 Å². The molecule has 0 bridgehead atoms. The van der Waals surface area contributed by atoms with Crippen molar-refractivity contribution in [2.24, 2.45) is 5.92 Å². The van der Waals surface area contributed by atoms with Gasteiger partial charge in [0.25, 0.3) is 11.5 Å². The Balaban J connectivity index is 1.77. The Labute approximate surface area is 152 Å². The lowest BCUT2D eigenvalue weighted by Gasteiger charge is -2.31. The van der Waals surface area contributed by atoms with Crippen LogP contribution in [0.3, 0.4) is 0 Å². The first kappa shape index (κ1) is 17.9. The topological polar surface area (TPSA) is 82.3 Å². The van der Waals surface area contributed by atoms with Gasteiger partial charge in [-0.05, 0) is 37.5 Å². The summed E-state index contributed by atoms with van der Waals surface area (Å²) in [5.41, 5.74) is 1.27. The molecule has 1 aromatic carbocycles. The zero-order chi connectivity index (χ0) is 18.5. The van der Waals surface area contributed by atoms with E-state index in [1.54, 1.807) is 17.0 Å². The number of pyridine rings is 1. The second-order valence-electron chi connectivity index (χ2n) is 6.47. The maximum atomic E-state index is 12.8. The van der Waals surface area contributed by atoms with Crippen LogP contribution in [-0.4, -0.2) is 41.3 Å². The summed E-state index contributed by atoms with van der Waals surface area (Å²) in [7, 11) is 0. The van der Waals surface area contributed by atoms with Crippen LogP contribution in [0.15, 0.2) is 47.3 Å². The molecule has 0 saturated carbocycles. The van der Waals surface area contributed by atoms with Gasteiger partial charge in [-0.1, -0.05) is 30.3 Å². The lowest BCUT2D eigenvalue weighted by molar-refractivity contribution is -0.126. The summed E-state index contributed by atoms with van der Waals surface area (Å²) < 4.78 is 0.